The summed E-state index contributed by atoms with van der Waals surface area (Å²) in [7, 11) is 0. The molecular weight excluding hydrogens is 245 g/mol. The Labute approximate surface area is 110 Å². The van der Waals surface area contributed by atoms with Crippen LogP contribution in [-0.2, 0) is 0 Å². The van der Waals surface area contributed by atoms with Crippen LogP contribution in [0.4, 0.5) is 0 Å². The Hall–Kier alpha value is -0.250. The van der Waals surface area contributed by atoms with Gasteiger partial charge in [0.2, 0.25) is 0 Å². The first-order chi connectivity index (χ1) is 6.70. The number of hydrogen-bond acceptors (Lipinski definition) is 2. The normalized spacial score (nSPS) is 19.4. The van der Waals surface area contributed by atoms with Gasteiger partial charge in [-0.3, -0.25) is 0 Å². The van der Waals surface area contributed by atoms with E-state index in [-0.39, 0.29) is 24.8 Å². The van der Waals surface area contributed by atoms with E-state index >= 15 is 0 Å². The second-order valence-corrected chi connectivity index (χ2v) is 4.41. The molecule has 1 saturated heterocycles. The number of hydrogen-bond donors (Lipinski definition) is 1. The molecule has 0 radical (unpaired) electrons. The van der Waals surface area contributed by atoms with Gasteiger partial charge in [-0.1, -0.05) is 0 Å². The molecule has 94 valence electrons. The van der Waals surface area contributed by atoms with E-state index in [0.29, 0.717) is 12.0 Å². The Balaban J connectivity index is 0.00000112. The minimum absolute atomic E-state index is 0. The predicted octanol–water partition coefficient (Wildman–Crippen LogP) is 2.69. The molecule has 1 aromatic heterocycles. The van der Waals surface area contributed by atoms with E-state index < -0.39 is 0 Å². The summed E-state index contributed by atoms with van der Waals surface area (Å²) in [4.78, 5) is 4.54. The van der Waals surface area contributed by atoms with Crippen molar-refractivity contribution in [2.75, 3.05) is 13.1 Å². The van der Waals surface area contributed by atoms with E-state index in [4.69, 9.17) is 0 Å². The molecule has 1 atom stereocenters. The quantitative estimate of drug-likeness (QED) is 0.892. The zero-order valence-electron chi connectivity index (χ0n) is 10.1. The molecule has 5 heteroatoms. The molecule has 0 saturated carbocycles. The molecule has 1 aliphatic heterocycles. The van der Waals surface area contributed by atoms with Crippen molar-refractivity contribution >= 4 is 24.8 Å². The fourth-order valence-electron chi connectivity index (χ4n) is 2.31. The van der Waals surface area contributed by atoms with Crippen molar-refractivity contribution in [1.82, 2.24) is 14.9 Å². The van der Waals surface area contributed by atoms with Crippen LogP contribution in [0, 0.1) is 6.92 Å². The van der Waals surface area contributed by atoms with Gasteiger partial charge >= 0.3 is 0 Å². The van der Waals surface area contributed by atoms with Gasteiger partial charge in [-0.05, 0) is 33.7 Å². The van der Waals surface area contributed by atoms with Crippen LogP contribution in [0.1, 0.15) is 43.7 Å². The van der Waals surface area contributed by atoms with Crippen molar-refractivity contribution in [3.8, 4) is 0 Å². The molecule has 0 amide bonds. The van der Waals surface area contributed by atoms with Crippen LogP contribution < -0.4 is 5.32 Å². The second kappa shape index (κ2) is 6.48. The number of nitrogens with zero attached hydrogens (tertiary/aromatic N) is 2. The highest BCUT2D eigenvalue weighted by Gasteiger charge is 2.22. The van der Waals surface area contributed by atoms with Gasteiger partial charge in [0, 0.05) is 30.4 Å². The maximum atomic E-state index is 4.54. The average molecular weight is 266 g/mol. The lowest BCUT2D eigenvalue weighted by molar-refractivity contribution is 0.527. The highest BCUT2D eigenvalue weighted by molar-refractivity contribution is 5.85. The first kappa shape index (κ1) is 15.8. The molecule has 0 aromatic carbocycles. The van der Waals surface area contributed by atoms with E-state index in [9.17, 15) is 0 Å². The van der Waals surface area contributed by atoms with Crippen molar-refractivity contribution < 1.29 is 0 Å². The SMILES string of the molecule is Cc1cnc(C2CCNC2)n1C(C)C.Cl.Cl. The summed E-state index contributed by atoms with van der Waals surface area (Å²) in [5, 5.41) is 3.39. The van der Waals surface area contributed by atoms with Crippen LogP contribution >= 0.6 is 24.8 Å². The van der Waals surface area contributed by atoms with Crippen LogP contribution in [0.25, 0.3) is 0 Å². The van der Waals surface area contributed by atoms with Crippen molar-refractivity contribution in [2.24, 2.45) is 0 Å². The van der Waals surface area contributed by atoms with Crippen LogP contribution in [-0.4, -0.2) is 22.6 Å². The highest BCUT2D eigenvalue weighted by Crippen LogP contribution is 2.24. The highest BCUT2D eigenvalue weighted by atomic mass is 35.5. The Morgan fingerprint density at radius 1 is 1.44 bits per heavy atom. The number of halogens is 2. The summed E-state index contributed by atoms with van der Waals surface area (Å²) < 4.78 is 2.36. The van der Waals surface area contributed by atoms with Gasteiger partial charge in [0.25, 0.3) is 0 Å². The standard InChI is InChI=1S/C11H19N3.2ClH/c1-8(2)14-9(3)6-13-11(14)10-4-5-12-7-10;;/h6,8,10,12H,4-5,7H2,1-3H3;2*1H. The Morgan fingerprint density at radius 2 is 2.12 bits per heavy atom. The molecule has 3 nitrogen and oxygen atoms in total. The molecule has 0 spiro atoms. The molecule has 16 heavy (non-hydrogen) atoms. The van der Waals surface area contributed by atoms with Crippen LogP contribution in [0.2, 0.25) is 0 Å². The minimum atomic E-state index is 0. The molecular formula is C11H21Cl2N3. The third-order valence-electron chi connectivity index (χ3n) is 2.95. The largest absolute Gasteiger partial charge is 0.330 e. The summed E-state index contributed by atoms with van der Waals surface area (Å²) in [5.74, 6) is 1.88. The maximum Gasteiger partial charge on any atom is 0.113 e. The van der Waals surface area contributed by atoms with Crippen LogP contribution in [0.5, 0.6) is 0 Å². The molecule has 2 rings (SSSR count). The Morgan fingerprint density at radius 3 is 2.62 bits per heavy atom. The summed E-state index contributed by atoms with van der Waals surface area (Å²) in [6.45, 7) is 8.80. The lowest BCUT2D eigenvalue weighted by Gasteiger charge is -2.17. The van der Waals surface area contributed by atoms with E-state index in [1.165, 1.54) is 17.9 Å². The van der Waals surface area contributed by atoms with Gasteiger partial charge in [0.15, 0.2) is 0 Å². The number of nitrogens with one attached hydrogen (secondary N) is 1. The van der Waals surface area contributed by atoms with Crippen LogP contribution in [0.15, 0.2) is 6.20 Å². The number of rotatable bonds is 2. The van der Waals surface area contributed by atoms with Crippen molar-refractivity contribution in [2.45, 2.75) is 39.2 Å². The lowest BCUT2D eigenvalue weighted by atomic mass is 10.1. The number of aromatic nitrogens is 2. The fourth-order valence-corrected chi connectivity index (χ4v) is 2.31. The summed E-state index contributed by atoms with van der Waals surface area (Å²) in [6, 6.07) is 0.521. The topological polar surface area (TPSA) is 29.9 Å². The third kappa shape index (κ3) is 2.90. The molecule has 0 aliphatic carbocycles. The predicted molar refractivity (Wildman–Crippen MR) is 72.1 cm³/mol. The number of aryl methyl sites for hydroxylation is 1. The van der Waals surface area contributed by atoms with E-state index in [2.05, 4.69) is 35.6 Å². The maximum absolute atomic E-state index is 4.54. The van der Waals surface area contributed by atoms with E-state index in [0.717, 1.165) is 13.1 Å². The van der Waals surface area contributed by atoms with Crippen molar-refractivity contribution in [1.29, 1.82) is 0 Å². The van der Waals surface area contributed by atoms with Gasteiger partial charge < -0.3 is 9.88 Å². The third-order valence-corrected chi connectivity index (χ3v) is 2.95. The molecule has 0 bridgehead atoms. The number of imidazole rings is 1. The van der Waals surface area contributed by atoms with Gasteiger partial charge in [-0.25, -0.2) is 4.98 Å². The van der Waals surface area contributed by atoms with Crippen molar-refractivity contribution in [3.63, 3.8) is 0 Å². The molecule has 2 heterocycles. The zero-order valence-corrected chi connectivity index (χ0v) is 11.7. The molecule has 1 unspecified atom stereocenters. The first-order valence-electron chi connectivity index (χ1n) is 5.44. The average Bonchev–Trinajstić information content (AvgIpc) is 2.70. The van der Waals surface area contributed by atoms with Gasteiger partial charge in [0.05, 0.1) is 0 Å². The summed E-state index contributed by atoms with van der Waals surface area (Å²) in [5.41, 5.74) is 1.28. The van der Waals surface area contributed by atoms with Crippen molar-refractivity contribution in [3.05, 3.63) is 17.7 Å². The molecule has 1 aliphatic rings. The second-order valence-electron chi connectivity index (χ2n) is 4.41. The summed E-state index contributed by atoms with van der Waals surface area (Å²) in [6.07, 6.45) is 3.22. The Bertz CT molecular complexity index is 317. The zero-order chi connectivity index (χ0) is 10.1. The molecule has 1 fully saturated rings. The minimum Gasteiger partial charge on any atom is -0.330 e. The van der Waals surface area contributed by atoms with Crippen LogP contribution in [0.3, 0.4) is 0 Å². The lowest BCUT2D eigenvalue weighted by Crippen LogP contribution is -2.14. The molecule has 1 N–H and O–H groups in total. The van der Waals surface area contributed by atoms with Gasteiger partial charge in [0.1, 0.15) is 5.82 Å². The van der Waals surface area contributed by atoms with E-state index in [1.54, 1.807) is 0 Å². The molecule has 1 aromatic rings. The summed E-state index contributed by atoms with van der Waals surface area (Å²) >= 11 is 0. The monoisotopic (exact) mass is 265 g/mol. The fraction of sp³-hybridized carbons (Fsp3) is 0.727. The van der Waals surface area contributed by atoms with E-state index in [1.807, 2.05) is 6.20 Å². The van der Waals surface area contributed by atoms with Gasteiger partial charge in [-0.2, -0.15) is 0 Å². The smallest absolute Gasteiger partial charge is 0.113 e. The Kier molecular flexibility index (Phi) is 6.38. The van der Waals surface area contributed by atoms with Gasteiger partial charge in [-0.15, -0.1) is 24.8 Å². The first-order valence-corrected chi connectivity index (χ1v) is 5.44.